The predicted molar refractivity (Wildman–Crippen MR) is 201 cm³/mol. The highest BCUT2D eigenvalue weighted by Crippen LogP contribution is 2.22. The molecule has 0 N–H and O–H groups in total. The fourth-order valence-corrected chi connectivity index (χ4v) is 1.88. The second-order valence-electron chi connectivity index (χ2n) is 10.1. The van der Waals surface area contributed by atoms with Crippen LogP contribution in [0.3, 0.4) is 0 Å². The first-order chi connectivity index (χ1) is 18.0. The number of rotatable bonds is 5. The van der Waals surface area contributed by atoms with Crippen LogP contribution in [0.1, 0.15) is 231 Å². The van der Waals surface area contributed by atoms with Crippen molar-refractivity contribution < 1.29 is 0 Å². The van der Waals surface area contributed by atoms with E-state index in [1.54, 1.807) is 0 Å². The van der Waals surface area contributed by atoms with E-state index in [0.717, 1.165) is 29.6 Å². The van der Waals surface area contributed by atoms with E-state index in [1.807, 2.05) is 69.2 Å². The van der Waals surface area contributed by atoms with Crippen molar-refractivity contribution in [2.75, 3.05) is 0 Å². The van der Waals surface area contributed by atoms with E-state index in [-0.39, 0.29) is 7.43 Å². The van der Waals surface area contributed by atoms with E-state index in [9.17, 15) is 0 Å². The topological polar surface area (TPSA) is 0 Å². The summed E-state index contributed by atoms with van der Waals surface area (Å²) in [4.78, 5) is 0. The molecule has 39 heavy (non-hydrogen) atoms. The molecule has 0 heterocycles. The van der Waals surface area contributed by atoms with E-state index in [1.165, 1.54) is 64.2 Å². The molecule has 0 bridgehead atoms. The smallest absolute Gasteiger partial charge is 0.0443 e. The van der Waals surface area contributed by atoms with Gasteiger partial charge >= 0.3 is 0 Å². The molecule has 0 unspecified atom stereocenters. The molecule has 1 aliphatic rings. The highest BCUT2D eigenvalue weighted by molar-refractivity contribution is 4.59. The highest BCUT2D eigenvalue weighted by Gasteiger charge is 2.05. The van der Waals surface area contributed by atoms with Gasteiger partial charge in [0.2, 0.25) is 0 Å². The molecule has 0 aromatic heterocycles. The lowest BCUT2D eigenvalue weighted by Crippen LogP contribution is -1.99. The summed E-state index contributed by atoms with van der Waals surface area (Å²) in [6.07, 6.45) is 14.1. The Morgan fingerprint density at radius 3 is 0.667 bits per heavy atom. The molecule has 0 amide bonds. The average Bonchev–Trinajstić information content (AvgIpc) is 2.98. The van der Waals surface area contributed by atoms with Crippen LogP contribution in [-0.2, 0) is 0 Å². The van der Waals surface area contributed by atoms with Crippen molar-refractivity contribution in [3.05, 3.63) is 0 Å². The third-order valence-corrected chi connectivity index (χ3v) is 5.50. The first kappa shape index (κ1) is 67.0. The van der Waals surface area contributed by atoms with Gasteiger partial charge in [-0.05, 0) is 29.6 Å². The van der Waals surface area contributed by atoms with Crippen molar-refractivity contribution in [3.8, 4) is 0 Å². The van der Waals surface area contributed by atoms with Crippen LogP contribution in [0.4, 0.5) is 0 Å². The van der Waals surface area contributed by atoms with Gasteiger partial charge in [0, 0.05) is 0 Å². The van der Waals surface area contributed by atoms with Crippen LogP contribution in [0.15, 0.2) is 0 Å². The normalized spacial score (nSPS) is 10.5. The molecule has 0 saturated heterocycles. The monoisotopic (exact) mass is 567 g/mol. The summed E-state index contributed by atoms with van der Waals surface area (Å²) in [6.45, 7) is 49.0. The lowest BCUT2D eigenvalue weighted by molar-refractivity contribution is 0.385. The van der Waals surface area contributed by atoms with Gasteiger partial charge in [-0.2, -0.15) is 0 Å². The van der Waals surface area contributed by atoms with Crippen molar-refractivity contribution >= 4 is 0 Å². The van der Waals surface area contributed by atoms with Gasteiger partial charge in [0.1, 0.15) is 0 Å². The van der Waals surface area contributed by atoms with E-state index >= 15 is 0 Å². The van der Waals surface area contributed by atoms with Gasteiger partial charge in [-0.25, -0.2) is 0 Å². The minimum Gasteiger partial charge on any atom is -0.0776 e. The molecule has 0 nitrogen and oxygen atoms in total. The minimum atomic E-state index is 0. The standard InChI is InChI=1S/C7H14.2C6H14.C5H12.C4H10.5C2H6.CH4/c1-7-5-3-2-4-6-7;2*1-4-6(3)5-2;1-4-5(2)3;1-4(2)3;5*1-2;/h7H,2-6H2,1H3;2*6H,4-5H2,1-3H3;5H,4H2,1-3H3;4H,1-3H3;5*1-2H3;1H4. The molecular weight excluding hydrogens is 468 g/mol. The summed E-state index contributed by atoms with van der Waals surface area (Å²) in [6, 6.07) is 0. The minimum absolute atomic E-state index is 0. The summed E-state index contributed by atoms with van der Waals surface area (Å²) < 4.78 is 0. The Kier molecular flexibility index (Phi) is 143. The molecule has 0 aliphatic heterocycles. The maximum atomic E-state index is 2.36. The molecule has 0 spiro atoms. The van der Waals surface area contributed by atoms with Gasteiger partial charge in [0.25, 0.3) is 0 Å². The lowest BCUT2D eigenvalue weighted by Gasteiger charge is -2.15. The second kappa shape index (κ2) is 83.2. The lowest BCUT2D eigenvalue weighted by atomic mass is 9.91. The quantitative estimate of drug-likeness (QED) is 0.310. The van der Waals surface area contributed by atoms with Gasteiger partial charge in [0.15, 0.2) is 0 Å². The van der Waals surface area contributed by atoms with Crippen LogP contribution < -0.4 is 0 Å². The van der Waals surface area contributed by atoms with E-state index in [2.05, 4.69) is 90.0 Å². The molecule has 1 rings (SSSR count). The van der Waals surface area contributed by atoms with Crippen LogP contribution in [-0.4, -0.2) is 0 Å². The molecule has 0 heteroatoms. The zero-order valence-corrected chi connectivity index (χ0v) is 33.0. The Bertz CT molecular complexity index is 201. The zero-order chi connectivity index (χ0) is 33.0. The maximum absolute atomic E-state index is 2.36. The van der Waals surface area contributed by atoms with Crippen molar-refractivity contribution in [2.24, 2.45) is 29.6 Å². The molecule has 0 radical (unpaired) electrons. The Hall–Kier alpha value is 0. The Balaban J connectivity index is -0.0000000312. The third kappa shape index (κ3) is 152. The average molecular weight is 567 g/mol. The molecular formula is C39H98. The molecule has 1 aliphatic carbocycles. The molecule has 0 atom stereocenters. The van der Waals surface area contributed by atoms with Gasteiger partial charge in [-0.1, -0.05) is 231 Å². The van der Waals surface area contributed by atoms with Crippen LogP contribution in [0.5, 0.6) is 0 Å². The van der Waals surface area contributed by atoms with Gasteiger partial charge < -0.3 is 0 Å². The second-order valence-corrected chi connectivity index (χ2v) is 10.1. The van der Waals surface area contributed by atoms with Crippen molar-refractivity contribution in [2.45, 2.75) is 231 Å². The largest absolute Gasteiger partial charge is 0.0776 e. The van der Waals surface area contributed by atoms with Crippen molar-refractivity contribution in [3.63, 3.8) is 0 Å². The molecule has 254 valence electrons. The first-order valence-corrected chi connectivity index (χ1v) is 18.0. The van der Waals surface area contributed by atoms with Gasteiger partial charge in [-0.15, -0.1) is 0 Å². The summed E-state index contributed by atoms with van der Waals surface area (Å²) in [5.74, 6) is 4.62. The van der Waals surface area contributed by atoms with Gasteiger partial charge in [0.05, 0.1) is 0 Å². The van der Waals surface area contributed by atoms with E-state index < -0.39 is 0 Å². The summed E-state index contributed by atoms with van der Waals surface area (Å²) in [5.41, 5.74) is 0. The number of hydrogen-bond donors (Lipinski definition) is 0. The zero-order valence-electron chi connectivity index (χ0n) is 33.0. The SMILES string of the molecule is C.CC.CC.CC.CC.CC.CC(C)C.CC1CCCCC1.CCC(C)C.CCC(C)CC.CCC(C)CC. The van der Waals surface area contributed by atoms with Gasteiger partial charge in [-0.3, -0.25) is 0 Å². The fourth-order valence-electron chi connectivity index (χ4n) is 1.88. The first-order valence-electron chi connectivity index (χ1n) is 18.0. The Labute approximate surface area is 260 Å². The third-order valence-electron chi connectivity index (χ3n) is 5.50. The van der Waals surface area contributed by atoms with Crippen LogP contribution in [0, 0.1) is 29.6 Å². The fraction of sp³-hybridized carbons (Fsp3) is 1.00. The molecule has 1 fully saturated rings. The van der Waals surface area contributed by atoms with Crippen LogP contribution in [0.2, 0.25) is 0 Å². The highest BCUT2D eigenvalue weighted by atomic mass is 14.1. The molecule has 0 aromatic rings. The molecule has 0 aromatic carbocycles. The summed E-state index contributed by atoms with van der Waals surface area (Å²) >= 11 is 0. The number of hydrogen-bond acceptors (Lipinski definition) is 0. The van der Waals surface area contributed by atoms with Crippen LogP contribution in [0.25, 0.3) is 0 Å². The maximum Gasteiger partial charge on any atom is -0.0443 e. The van der Waals surface area contributed by atoms with Crippen LogP contribution >= 0.6 is 0 Å². The van der Waals surface area contributed by atoms with E-state index in [0.29, 0.717) is 0 Å². The Morgan fingerprint density at radius 1 is 0.436 bits per heavy atom. The molecule has 1 saturated carbocycles. The van der Waals surface area contributed by atoms with Crippen molar-refractivity contribution in [1.82, 2.24) is 0 Å². The van der Waals surface area contributed by atoms with E-state index in [4.69, 9.17) is 0 Å². The Morgan fingerprint density at radius 2 is 0.615 bits per heavy atom. The summed E-state index contributed by atoms with van der Waals surface area (Å²) in [7, 11) is 0. The van der Waals surface area contributed by atoms with Crippen molar-refractivity contribution in [1.29, 1.82) is 0 Å². The summed E-state index contributed by atoms with van der Waals surface area (Å²) in [5, 5.41) is 0. The predicted octanol–water partition coefficient (Wildman–Crippen LogP) is 17.0.